The smallest absolute Gasteiger partial charge is 0.305 e. The quantitative estimate of drug-likeness (QED) is 0.657. The Hall–Kier alpha value is 0.331. The molecule has 120 valence electrons. The summed E-state index contributed by atoms with van der Waals surface area (Å²) < 4.78 is 24.8. The topological polar surface area (TPSA) is 55.8 Å². The zero-order valence-electron chi connectivity index (χ0n) is 14.4. The van der Waals surface area contributed by atoms with Gasteiger partial charge in [0, 0.05) is 13.0 Å². The van der Waals surface area contributed by atoms with Crippen LogP contribution in [0.4, 0.5) is 0 Å². The molecule has 0 heterocycles. The molecule has 20 heavy (non-hydrogen) atoms. The van der Waals surface area contributed by atoms with E-state index in [0.717, 1.165) is 0 Å². The summed E-state index contributed by atoms with van der Waals surface area (Å²) in [6.07, 6.45) is 1.10. The minimum Gasteiger partial charge on any atom is -0.415 e. The lowest BCUT2D eigenvalue weighted by Crippen LogP contribution is -2.57. The Kier molecular flexibility index (Phi) is 7.68. The number of aliphatic hydroxyl groups is 1. The van der Waals surface area contributed by atoms with Crippen LogP contribution in [0.3, 0.4) is 0 Å². The van der Waals surface area contributed by atoms with E-state index in [1.165, 1.54) is 0 Å². The summed E-state index contributed by atoms with van der Waals surface area (Å²) in [6.45, 7) is 16.5. The molecule has 2 unspecified atom stereocenters. The van der Waals surface area contributed by atoms with E-state index in [1.54, 1.807) is 6.55 Å². The van der Waals surface area contributed by atoms with E-state index in [-0.39, 0.29) is 12.3 Å². The van der Waals surface area contributed by atoms with Gasteiger partial charge in [-0.25, -0.2) is 0 Å². The highest BCUT2D eigenvalue weighted by atomic mass is 28.4. The van der Waals surface area contributed by atoms with Gasteiger partial charge in [-0.1, -0.05) is 6.92 Å². The summed E-state index contributed by atoms with van der Waals surface area (Å²) >= 11 is 0. The Balaban J connectivity index is 5.14. The van der Waals surface area contributed by atoms with E-state index in [4.69, 9.17) is 8.85 Å². The van der Waals surface area contributed by atoms with Crippen molar-refractivity contribution in [3.05, 3.63) is 0 Å². The van der Waals surface area contributed by atoms with E-state index in [9.17, 15) is 9.57 Å². The normalized spacial score (nSPS) is 17.6. The second-order valence-corrected chi connectivity index (χ2v) is 17.7. The number of aliphatic hydroxyl groups excluding tert-OH is 1. The summed E-state index contributed by atoms with van der Waals surface area (Å²) in [5.74, 6) is 0. The Morgan fingerprint density at radius 1 is 1.25 bits per heavy atom. The lowest BCUT2D eigenvalue weighted by atomic mass is 10.2. The SMILES string of the molecule is CCC(CCO)(O[Si](C)(C)C(C)O[Si](C)(C)C)[Si](C)=O. The Morgan fingerprint density at radius 2 is 1.75 bits per heavy atom. The van der Waals surface area contributed by atoms with E-state index >= 15 is 0 Å². The van der Waals surface area contributed by atoms with Gasteiger partial charge < -0.3 is 18.4 Å². The second-order valence-electron chi connectivity index (χ2n) is 6.96. The first-order chi connectivity index (χ1) is 8.90. The molecule has 0 aromatic heterocycles. The first kappa shape index (κ1) is 20.3. The lowest BCUT2D eigenvalue weighted by Gasteiger charge is -2.41. The molecule has 4 nitrogen and oxygen atoms in total. The molecule has 0 aromatic rings. The van der Waals surface area contributed by atoms with Crippen molar-refractivity contribution in [2.75, 3.05) is 6.61 Å². The molecule has 0 rings (SSSR count). The minimum atomic E-state index is -2.15. The molecule has 0 saturated heterocycles. The molecule has 0 aliphatic rings. The fourth-order valence-electron chi connectivity index (χ4n) is 2.24. The van der Waals surface area contributed by atoms with Crippen molar-refractivity contribution < 1.29 is 18.4 Å². The maximum Gasteiger partial charge on any atom is 0.305 e. The van der Waals surface area contributed by atoms with Gasteiger partial charge in [0.25, 0.3) is 0 Å². The van der Waals surface area contributed by atoms with Crippen LogP contribution in [0, 0.1) is 0 Å². The molecule has 0 aliphatic heterocycles. The van der Waals surface area contributed by atoms with Crippen molar-refractivity contribution in [3.63, 3.8) is 0 Å². The molecule has 0 radical (unpaired) electrons. The van der Waals surface area contributed by atoms with Gasteiger partial charge in [-0.3, -0.25) is 0 Å². The van der Waals surface area contributed by atoms with Gasteiger partial charge >= 0.3 is 8.68 Å². The molecular formula is C13H32O4Si3. The van der Waals surface area contributed by atoms with Crippen molar-refractivity contribution in [1.82, 2.24) is 0 Å². The van der Waals surface area contributed by atoms with Crippen molar-refractivity contribution in [1.29, 1.82) is 0 Å². The summed E-state index contributed by atoms with van der Waals surface area (Å²) in [5.41, 5.74) is 0.0557. The predicted octanol–water partition coefficient (Wildman–Crippen LogP) is 3.11. The van der Waals surface area contributed by atoms with Crippen LogP contribution < -0.4 is 0 Å². The maximum absolute atomic E-state index is 12.2. The second kappa shape index (κ2) is 7.55. The molecule has 0 spiro atoms. The van der Waals surface area contributed by atoms with Crippen LogP contribution in [-0.4, -0.2) is 48.0 Å². The molecule has 0 bridgehead atoms. The van der Waals surface area contributed by atoms with Crippen LogP contribution >= 0.6 is 0 Å². The number of hydrogen-bond acceptors (Lipinski definition) is 4. The molecule has 7 heteroatoms. The fourth-order valence-corrected chi connectivity index (χ4v) is 9.24. The zero-order valence-corrected chi connectivity index (χ0v) is 17.4. The number of rotatable bonds is 9. The van der Waals surface area contributed by atoms with Crippen LogP contribution in [0.1, 0.15) is 26.7 Å². The maximum atomic E-state index is 12.2. The van der Waals surface area contributed by atoms with Gasteiger partial charge in [-0.2, -0.15) is 0 Å². The lowest BCUT2D eigenvalue weighted by molar-refractivity contribution is 0.0792. The number of hydrogen-bond donors (Lipinski definition) is 1. The molecular weight excluding hydrogens is 304 g/mol. The molecule has 0 aliphatic carbocycles. The van der Waals surface area contributed by atoms with Crippen molar-refractivity contribution >= 4 is 25.3 Å². The molecule has 1 N–H and O–H groups in total. The first-order valence-corrected chi connectivity index (χ1v) is 15.7. The zero-order chi connectivity index (χ0) is 16.2. The highest BCUT2D eigenvalue weighted by Gasteiger charge is 2.45. The highest BCUT2D eigenvalue weighted by Crippen LogP contribution is 2.29. The monoisotopic (exact) mass is 336 g/mol. The Bertz CT molecular complexity index is 328. The third-order valence-corrected chi connectivity index (χ3v) is 10.2. The van der Waals surface area contributed by atoms with E-state index in [1.807, 2.05) is 6.92 Å². The highest BCUT2D eigenvalue weighted by molar-refractivity contribution is 6.76. The first-order valence-electron chi connectivity index (χ1n) is 7.40. The molecule has 0 saturated carbocycles. The third kappa shape index (κ3) is 5.98. The van der Waals surface area contributed by atoms with Gasteiger partial charge in [-0.15, -0.1) is 0 Å². The van der Waals surface area contributed by atoms with E-state index < -0.39 is 30.5 Å². The van der Waals surface area contributed by atoms with E-state index in [2.05, 4.69) is 39.7 Å². The summed E-state index contributed by atoms with van der Waals surface area (Å²) in [4.78, 5) is 0. The minimum absolute atomic E-state index is 0.00578. The fraction of sp³-hybridized carbons (Fsp3) is 1.00. The van der Waals surface area contributed by atoms with Crippen molar-refractivity contribution in [3.8, 4) is 0 Å². The Morgan fingerprint density at radius 3 is 2.05 bits per heavy atom. The van der Waals surface area contributed by atoms with Gasteiger partial charge in [0.1, 0.15) is 5.22 Å². The van der Waals surface area contributed by atoms with Crippen LogP contribution in [-0.2, 0) is 13.3 Å². The third-order valence-electron chi connectivity index (χ3n) is 3.70. The molecule has 0 aromatic carbocycles. The largest absolute Gasteiger partial charge is 0.415 e. The van der Waals surface area contributed by atoms with Gasteiger partial charge in [0.05, 0.1) is 5.73 Å². The van der Waals surface area contributed by atoms with Crippen LogP contribution in [0.5, 0.6) is 0 Å². The van der Waals surface area contributed by atoms with Gasteiger partial charge in [0.15, 0.2) is 8.32 Å². The van der Waals surface area contributed by atoms with E-state index in [0.29, 0.717) is 12.8 Å². The Labute approximate surface area is 127 Å². The van der Waals surface area contributed by atoms with Gasteiger partial charge in [0.2, 0.25) is 8.32 Å². The molecule has 0 amide bonds. The predicted molar refractivity (Wildman–Crippen MR) is 89.5 cm³/mol. The van der Waals surface area contributed by atoms with Crippen molar-refractivity contribution in [2.24, 2.45) is 0 Å². The van der Waals surface area contributed by atoms with Crippen LogP contribution in [0.15, 0.2) is 0 Å². The summed E-state index contributed by atoms with van der Waals surface area (Å²) in [5, 5.41) is 8.62. The average molecular weight is 337 g/mol. The average Bonchev–Trinajstić information content (AvgIpc) is 2.25. The van der Waals surface area contributed by atoms with Crippen molar-refractivity contribution in [2.45, 2.75) is 76.9 Å². The van der Waals surface area contributed by atoms with Crippen LogP contribution in [0.25, 0.3) is 0 Å². The van der Waals surface area contributed by atoms with Crippen LogP contribution in [0.2, 0.25) is 39.3 Å². The molecule has 2 atom stereocenters. The summed E-state index contributed by atoms with van der Waals surface area (Å²) in [7, 11) is -5.67. The summed E-state index contributed by atoms with van der Waals surface area (Å²) in [6, 6.07) is 0. The van der Waals surface area contributed by atoms with Gasteiger partial charge in [-0.05, 0) is 52.6 Å². The molecule has 0 fully saturated rings. The standard InChI is InChI=1S/C13H32O4Si3/c1-9-13(10-11-14,18(3)15)17-20(7,8)12(2)16-19(4,5)6/h12,14H,9-11H2,1-8H3.